The van der Waals surface area contributed by atoms with E-state index in [-0.39, 0.29) is 0 Å². The summed E-state index contributed by atoms with van der Waals surface area (Å²) in [5.74, 6) is 0. The van der Waals surface area contributed by atoms with E-state index in [1.54, 1.807) is 12.4 Å². The van der Waals surface area contributed by atoms with E-state index in [4.69, 9.17) is 4.98 Å². The van der Waals surface area contributed by atoms with Crippen LogP contribution in [-0.4, -0.2) is 15.0 Å². The van der Waals surface area contributed by atoms with Crippen LogP contribution in [0.2, 0.25) is 0 Å². The molecule has 4 nitrogen and oxygen atoms in total. The topological polar surface area (TPSA) is 55.7 Å². The van der Waals surface area contributed by atoms with Crippen molar-refractivity contribution in [3.63, 3.8) is 0 Å². The Hall–Kier alpha value is -4.66. The van der Waals surface area contributed by atoms with Crippen molar-refractivity contribution in [3.8, 4) is 11.3 Å². The molecule has 5 heteroatoms. The Kier molecular flexibility index (Phi) is 5.35. The average Bonchev–Trinajstić information content (AvgIpc) is 3.01. The number of nitrogens with zero attached hydrogens (tertiary/aromatic N) is 3. The fourth-order valence-electron chi connectivity index (χ4n) is 5.23. The lowest BCUT2D eigenvalue weighted by Crippen LogP contribution is -2.28. The molecule has 0 saturated carbocycles. The van der Waals surface area contributed by atoms with Crippen molar-refractivity contribution >= 4 is 55.8 Å². The smallest absolute Gasteiger partial charge is 0.205 e. The van der Waals surface area contributed by atoms with Gasteiger partial charge in [0.25, 0.3) is 0 Å². The Morgan fingerprint density at radius 1 is 0.526 bits per heavy atom. The van der Waals surface area contributed by atoms with Crippen molar-refractivity contribution in [2.24, 2.45) is 0 Å². The van der Waals surface area contributed by atoms with Gasteiger partial charge in [0.1, 0.15) is 10.9 Å². The lowest BCUT2D eigenvalue weighted by Gasteiger charge is -2.18. The molecule has 3 aromatic heterocycles. The third-order valence-electron chi connectivity index (χ3n) is 7.04. The molecular weight excluding hydrogens is 485 g/mol. The Morgan fingerprint density at radius 2 is 1.16 bits per heavy atom. The van der Waals surface area contributed by atoms with E-state index in [1.807, 2.05) is 66.7 Å². The summed E-state index contributed by atoms with van der Waals surface area (Å²) in [7, 11) is -3.25. The molecule has 4 aromatic carbocycles. The largest absolute Gasteiger partial charge is 0.305 e. The van der Waals surface area contributed by atoms with Crippen LogP contribution in [0.5, 0.6) is 0 Å². The van der Waals surface area contributed by atoms with Gasteiger partial charge in [-0.2, -0.15) is 0 Å². The predicted molar refractivity (Wildman–Crippen MR) is 157 cm³/mol. The molecule has 0 aliphatic carbocycles. The van der Waals surface area contributed by atoms with Crippen LogP contribution >= 0.6 is 7.14 Å². The molecule has 0 aliphatic rings. The second-order valence-corrected chi connectivity index (χ2v) is 11.9. The van der Waals surface area contributed by atoms with E-state index < -0.39 is 7.14 Å². The van der Waals surface area contributed by atoms with Gasteiger partial charge in [0, 0.05) is 39.4 Å². The van der Waals surface area contributed by atoms with Gasteiger partial charge in [-0.1, -0.05) is 91.0 Å². The van der Waals surface area contributed by atoms with Gasteiger partial charge in [-0.25, -0.2) is 4.98 Å². The Morgan fingerprint density at radius 3 is 1.84 bits per heavy atom. The molecule has 0 bridgehead atoms. The van der Waals surface area contributed by atoms with Gasteiger partial charge in [0.05, 0.1) is 11.2 Å². The summed E-state index contributed by atoms with van der Waals surface area (Å²) in [6.45, 7) is 0. The van der Waals surface area contributed by atoms with E-state index >= 15 is 0 Å². The zero-order chi connectivity index (χ0) is 25.5. The Labute approximate surface area is 220 Å². The summed E-state index contributed by atoms with van der Waals surface area (Å²) in [6.07, 6.45) is 3.35. The number of hydrogen-bond donors (Lipinski definition) is 0. The second kappa shape index (κ2) is 9.02. The van der Waals surface area contributed by atoms with E-state index in [0.29, 0.717) is 16.2 Å². The zero-order valence-corrected chi connectivity index (χ0v) is 21.3. The third-order valence-corrected chi connectivity index (χ3v) is 9.88. The van der Waals surface area contributed by atoms with Crippen molar-refractivity contribution in [1.29, 1.82) is 0 Å². The first-order valence-electron chi connectivity index (χ1n) is 12.5. The maximum Gasteiger partial charge on any atom is 0.205 e. The van der Waals surface area contributed by atoms with Crippen LogP contribution in [0.4, 0.5) is 0 Å². The fraction of sp³-hybridized carbons (Fsp3) is 0. The molecule has 0 spiro atoms. The van der Waals surface area contributed by atoms with Gasteiger partial charge in [0.15, 0.2) is 0 Å². The van der Waals surface area contributed by atoms with Crippen LogP contribution in [0.3, 0.4) is 0 Å². The number of para-hydroxylation sites is 1. The van der Waals surface area contributed by atoms with Crippen LogP contribution in [0.15, 0.2) is 134 Å². The molecule has 3 heterocycles. The van der Waals surface area contributed by atoms with Gasteiger partial charge >= 0.3 is 0 Å². The van der Waals surface area contributed by atoms with Gasteiger partial charge in [0.2, 0.25) is 7.14 Å². The summed E-state index contributed by atoms with van der Waals surface area (Å²) in [5.41, 5.74) is 3.86. The summed E-state index contributed by atoms with van der Waals surface area (Å²) >= 11 is 0. The van der Waals surface area contributed by atoms with E-state index in [1.165, 1.54) is 16.2 Å². The van der Waals surface area contributed by atoms with Gasteiger partial charge in [-0.3, -0.25) is 9.97 Å². The minimum absolute atomic E-state index is 0.521. The van der Waals surface area contributed by atoms with Crippen LogP contribution in [0.1, 0.15) is 0 Å². The first-order chi connectivity index (χ1) is 18.7. The van der Waals surface area contributed by atoms with Crippen molar-refractivity contribution in [1.82, 2.24) is 15.0 Å². The standard InChI is InChI=1S/C33H22N3OP/c37-38(30-13-5-7-21-34-30,31-14-6-8-22-35-31)25-18-15-24(16-19-25)33-28-20-17-23-9-1-2-10-26(23)32(28)27-11-3-4-12-29(27)36-33/h1-22H. The maximum atomic E-state index is 14.7. The van der Waals surface area contributed by atoms with Crippen molar-refractivity contribution in [2.45, 2.75) is 0 Å². The minimum atomic E-state index is -3.25. The highest BCUT2D eigenvalue weighted by Crippen LogP contribution is 2.42. The molecule has 0 unspecified atom stereocenters. The fourth-order valence-corrected chi connectivity index (χ4v) is 7.62. The van der Waals surface area contributed by atoms with Gasteiger partial charge in [-0.15, -0.1) is 0 Å². The number of aromatic nitrogens is 3. The molecule has 0 saturated heterocycles. The molecule has 0 radical (unpaired) electrons. The molecule has 7 rings (SSSR count). The van der Waals surface area contributed by atoms with Crippen molar-refractivity contribution < 1.29 is 4.57 Å². The molecule has 180 valence electrons. The van der Waals surface area contributed by atoms with E-state index in [0.717, 1.165) is 27.5 Å². The Balaban J connectivity index is 1.45. The Bertz CT molecular complexity index is 1930. The van der Waals surface area contributed by atoms with Gasteiger partial charge in [-0.05, 0) is 41.1 Å². The zero-order valence-electron chi connectivity index (χ0n) is 20.4. The van der Waals surface area contributed by atoms with Crippen molar-refractivity contribution in [2.75, 3.05) is 0 Å². The molecular formula is C33H22N3OP. The summed E-state index contributed by atoms with van der Waals surface area (Å²) in [6, 6.07) is 40.0. The highest BCUT2D eigenvalue weighted by atomic mass is 31.2. The number of benzene rings is 4. The molecule has 0 aliphatic heterocycles. The van der Waals surface area contributed by atoms with E-state index in [9.17, 15) is 4.57 Å². The number of pyridine rings is 3. The quantitative estimate of drug-likeness (QED) is 0.198. The lowest BCUT2D eigenvalue weighted by atomic mass is 9.95. The molecule has 0 amide bonds. The highest BCUT2D eigenvalue weighted by Gasteiger charge is 2.32. The van der Waals surface area contributed by atoms with E-state index in [2.05, 4.69) is 64.6 Å². The average molecular weight is 508 g/mol. The number of fused-ring (bicyclic) bond motifs is 5. The monoisotopic (exact) mass is 507 g/mol. The lowest BCUT2D eigenvalue weighted by molar-refractivity contribution is 0.591. The number of rotatable bonds is 4. The normalized spacial score (nSPS) is 11.8. The third kappa shape index (κ3) is 3.53. The van der Waals surface area contributed by atoms with Crippen LogP contribution in [0.25, 0.3) is 43.7 Å². The summed E-state index contributed by atoms with van der Waals surface area (Å²) in [5, 5.41) is 6.51. The number of hydrogen-bond acceptors (Lipinski definition) is 4. The first kappa shape index (κ1) is 22.5. The summed E-state index contributed by atoms with van der Waals surface area (Å²) < 4.78 is 14.7. The van der Waals surface area contributed by atoms with Crippen LogP contribution in [-0.2, 0) is 4.57 Å². The summed E-state index contributed by atoms with van der Waals surface area (Å²) in [4.78, 5) is 14.0. The first-order valence-corrected chi connectivity index (χ1v) is 14.2. The molecule has 0 N–H and O–H groups in total. The molecule has 7 aromatic rings. The predicted octanol–water partition coefficient (Wildman–Crippen LogP) is 6.64. The second-order valence-electron chi connectivity index (χ2n) is 9.22. The molecule has 0 fully saturated rings. The van der Waals surface area contributed by atoms with Crippen LogP contribution < -0.4 is 16.2 Å². The van der Waals surface area contributed by atoms with Crippen LogP contribution in [0, 0.1) is 0 Å². The molecule has 0 atom stereocenters. The molecule has 38 heavy (non-hydrogen) atoms. The SMILES string of the molecule is O=P(c1ccc(-c2nc3ccccc3c3c2ccc2ccccc23)cc1)(c1ccccn1)c1ccccn1. The minimum Gasteiger partial charge on any atom is -0.305 e. The van der Waals surface area contributed by atoms with Crippen molar-refractivity contribution in [3.05, 3.63) is 134 Å². The van der Waals surface area contributed by atoms with Gasteiger partial charge < -0.3 is 4.57 Å². The highest BCUT2D eigenvalue weighted by molar-refractivity contribution is 7.84. The maximum absolute atomic E-state index is 14.7.